The first-order chi connectivity index (χ1) is 19.2. The molecule has 6 rings (SSSR count). The van der Waals surface area contributed by atoms with Crippen LogP contribution >= 0.6 is 24.0 Å². The minimum atomic E-state index is -0.443. The number of nitrogens with one attached hydrogen (secondary N) is 1. The van der Waals surface area contributed by atoms with Crippen molar-refractivity contribution in [3.05, 3.63) is 91.1 Å². The Bertz CT molecular complexity index is 1830. The van der Waals surface area contributed by atoms with Crippen LogP contribution in [-0.4, -0.2) is 35.0 Å². The molecule has 0 unspecified atom stereocenters. The Balaban J connectivity index is 1.45. The molecule has 204 valence electrons. The molecule has 1 amide bonds. The van der Waals surface area contributed by atoms with Gasteiger partial charge >= 0.3 is 0 Å². The lowest BCUT2D eigenvalue weighted by atomic mass is 10.2. The lowest BCUT2D eigenvalue weighted by Gasteiger charge is -2.16. The number of hydrogen-bond donors (Lipinski definition) is 1. The van der Waals surface area contributed by atoms with E-state index >= 15 is 0 Å². The lowest BCUT2D eigenvalue weighted by Crippen LogP contribution is -2.33. The molecule has 11 heteroatoms. The van der Waals surface area contributed by atoms with E-state index in [9.17, 15) is 14.4 Å². The summed E-state index contributed by atoms with van der Waals surface area (Å²) in [5.41, 5.74) is 2.59. The highest BCUT2D eigenvalue weighted by atomic mass is 32.2. The number of pyridine rings is 1. The highest BCUT2D eigenvalue weighted by molar-refractivity contribution is 8.27. The predicted octanol–water partition coefficient (Wildman–Crippen LogP) is 4.56. The molecule has 1 N–H and O–H groups in total. The maximum Gasteiger partial charge on any atom is 0.296 e. The fraction of sp³-hybridized carbons (Fsp3) is 0.276. The van der Waals surface area contributed by atoms with Gasteiger partial charge < -0.3 is 5.32 Å². The summed E-state index contributed by atoms with van der Waals surface area (Å²) >= 11 is 6.69. The molecule has 0 bridgehead atoms. The minimum Gasteiger partial charge on any atom is -0.367 e. The van der Waals surface area contributed by atoms with Crippen molar-refractivity contribution in [2.24, 2.45) is 7.05 Å². The third-order valence-electron chi connectivity index (χ3n) is 7.52. The van der Waals surface area contributed by atoms with Crippen LogP contribution in [0.1, 0.15) is 42.5 Å². The molecule has 1 aromatic carbocycles. The number of carbonyl (C=O) groups is 1. The van der Waals surface area contributed by atoms with Crippen LogP contribution in [0, 0.1) is 13.8 Å². The molecular formula is C29H28N6O3S2. The van der Waals surface area contributed by atoms with Crippen LogP contribution in [0.3, 0.4) is 0 Å². The number of hydrogen-bond acceptors (Lipinski definition) is 7. The summed E-state index contributed by atoms with van der Waals surface area (Å²) in [7, 11) is 1.77. The molecule has 0 atom stereocenters. The van der Waals surface area contributed by atoms with E-state index in [1.54, 1.807) is 30.9 Å². The van der Waals surface area contributed by atoms with E-state index in [0.717, 1.165) is 43.0 Å². The second-order valence-electron chi connectivity index (χ2n) is 10.2. The third-order valence-corrected chi connectivity index (χ3v) is 8.82. The van der Waals surface area contributed by atoms with Crippen molar-refractivity contribution < 1.29 is 4.79 Å². The maximum atomic E-state index is 13.8. The largest absolute Gasteiger partial charge is 0.367 e. The van der Waals surface area contributed by atoms with Crippen LogP contribution in [-0.2, 0) is 11.8 Å². The van der Waals surface area contributed by atoms with Gasteiger partial charge in [0.2, 0.25) is 0 Å². The molecular weight excluding hydrogens is 544 g/mol. The van der Waals surface area contributed by atoms with Gasteiger partial charge in [0.1, 0.15) is 17.2 Å². The second-order valence-corrected chi connectivity index (χ2v) is 11.8. The molecule has 0 radical (unpaired) electrons. The minimum absolute atomic E-state index is 0.200. The fourth-order valence-corrected chi connectivity index (χ4v) is 6.62. The molecule has 3 aromatic heterocycles. The number of aromatic nitrogens is 4. The summed E-state index contributed by atoms with van der Waals surface area (Å²) in [6.07, 6.45) is 7.54. The number of fused-ring (bicyclic) bond motifs is 1. The van der Waals surface area contributed by atoms with Crippen molar-refractivity contribution in [2.45, 2.75) is 45.6 Å². The number of anilines is 2. The third kappa shape index (κ3) is 4.39. The Morgan fingerprint density at radius 2 is 1.75 bits per heavy atom. The van der Waals surface area contributed by atoms with Crippen LogP contribution in [0.2, 0.25) is 0 Å². The molecule has 4 aromatic rings. The number of nitrogens with zero attached hydrogens (tertiary/aromatic N) is 5. The van der Waals surface area contributed by atoms with Crippen molar-refractivity contribution >= 4 is 57.4 Å². The Labute approximate surface area is 240 Å². The van der Waals surface area contributed by atoms with Crippen molar-refractivity contribution in [1.82, 2.24) is 18.7 Å². The number of para-hydroxylation sites is 1. The highest BCUT2D eigenvalue weighted by Gasteiger charge is 2.38. The number of thioether (sulfide) groups is 1. The molecule has 0 spiro atoms. The zero-order valence-corrected chi connectivity index (χ0v) is 24.0. The summed E-state index contributed by atoms with van der Waals surface area (Å²) in [5, 5.41) is 3.45. The molecule has 40 heavy (non-hydrogen) atoms. The Hall–Kier alpha value is -3.96. The summed E-state index contributed by atoms with van der Waals surface area (Å²) in [6, 6.07) is 13.2. The molecule has 1 aliphatic heterocycles. The second kappa shape index (κ2) is 10.2. The van der Waals surface area contributed by atoms with Crippen LogP contribution in [0.15, 0.2) is 63.2 Å². The van der Waals surface area contributed by atoms with E-state index in [1.807, 2.05) is 49.4 Å². The monoisotopic (exact) mass is 572 g/mol. The molecule has 4 heterocycles. The van der Waals surface area contributed by atoms with E-state index < -0.39 is 5.91 Å². The van der Waals surface area contributed by atoms with Gasteiger partial charge in [-0.1, -0.05) is 61.1 Å². The molecule has 2 fully saturated rings. The van der Waals surface area contributed by atoms with Crippen LogP contribution in [0.4, 0.5) is 11.5 Å². The molecule has 9 nitrogen and oxygen atoms in total. The van der Waals surface area contributed by atoms with E-state index in [4.69, 9.17) is 17.2 Å². The van der Waals surface area contributed by atoms with E-state index in [1.165, 1.54) is 14.0 Å². The zero-order chi connectivity index (χ0) is 28.1. The number of rotatable bonds is 5. The average molecular weight is 573 g/mol. The topological polar surface area (TPSA) is 93.6 Å². The first-order valence-electron chi connectivity index (χ1n) is 13.2. The number of thiocarbonyl (C=S) groups is 1. The highest BCUT2D eigenvalue weighted by Crippen LogP contribution is 2.37. The Morgan fingerprint density at radius 3 is 2.48 bits per heavy atom. The predicted molar refractivity (Wildman–Crippen MR) is 163 cm³/mol. The number of aryl methyl sites for hydroxylation is 1. The first-order valence-corrected chi connectivity index (χ1v) is 14.4. The Kier molecular flexibility index (Phi) is 6.71. The van der Waals surface area contributed by atoms with E-state index in [-0.39, 0.29) is 32.1 Å². The summed E-state index contributed by atoms with van der Waals surface area (Å²) < 4.78 is 4.96. The summed E-state index contributed by atoms with van der Waals surface area (Å²) in [4.78, 5) is 47.5. The van der Waals surface area contributed by atoms with E-state index in [2.05, 4.69) is 5.32 Å². The number of benzene rings is 1. The van der Waals surface area contributed by atoms with Gasteiger partial charge in [0.05, 0.1) is 21.8 Å². The molecule has 2 aliphatic rings. The smallest absolute Gasteiger partial charge is 0.296 e. The normalized spacial score (nSPS) is 17.1. The average Bonchev–Trinajstić information content (AvgIpc) is 3.60. The maximum absolute atomic E-state index is 13.8. The number of carbonyl (C=O) groups excluding carboxylic acids is 1. The van der Waals surface area contributed by atoms with Gasteiger partial charge in [-0.25, -0.2) is 9.67 Å². The van der Waals surface area contributed by atoms with Gasteiger partial charge in [-0.15, -0.1) is 0 Å². The van der Waals surface area contributed by atoms with Gasteiger partial charge in [-0.05, 0) is 56.5 Å². The molecule has 1 aliphatic carbocycles. The SMILES string of the molecule is Cc1ccc2nc(NC3CCCC3)c(/C=C3/SC(=S)N(c4c(C)n(C)n(-c5ccccc5)c4=O)C3=O)c(=O)n2c1. The quantitative estimate of drug-likeness (QED) is 0.277. The van der Waals surface area contributed by atoms with Crippen molar-refractivity contribution in [1.29, 1.82) is 0 Å². The van der Waals surface area contributed by atoms with Crippen molar-refractivity contribution in [3.63, 3.8) is 0 Å². The molecule has 1 saturated carbocycles. The number of amides is 1. The van der Waals surface area contributed by atoms with Crippen LogP contribution < -0.4 is 21.3 Å². The first kappa shape index (κ1) is 26.3. The fourth-order valence-electron chi connectivity index (χ4n) is 5.37. The van der Waals surface area contributed by atoms with Gasteiger partial charge in [0, 0.05) is 19.3 Å². The van der Waals surface area contributed by atoms with Crippen LogP contribution in [0.25, 0.3) is 17.4 Å². The molecule has 1 saturated heterocycles. The van der Waals surface area contributed by atoms with Crippen LogP contribution in [0.5, 0.6) is 0 Å². The lowest BCUT2D eigenvalue weighted by molar-refractivity contribution is -0.113. The Morgan fingerprint density at radius 1 is 1.02 bits per heavy atom. The van der Waals surface area contributed by atoms with Crippen molar-refractivity contribution in [3.8, 4) is 5.69 Å². The van der Waals surface area contributed by atoms with E-state index in [0.29, 0.717) is 28.4 Å². The van der Waals surface area contributed by atoms with Gasteiger partial charge in [0.15, 0.2) is 4.32 Å². The summed E-state index contributed by atoms with van der Waals surface area (Å²) in [5.74, 6) is 0.00918. The van der Waals surface area contributed by atoms with Gasteiger partial charge in [-0.2, -0.15) is 0 Å². The zero-order valence-electron chi connectivity index (χ0n) is 22.4. The van der Waals surface area contributed by atoms with Crippen molar-refractivity contribution in [2.75, 3.05) is 10.2 Å². The standard InChI is InChI=1S/C29H28N6O3S2/c1-17-13-14-23-31-25(30-19-9-7-8-10-19)21(26(36)33(23)16-17)15-22-27(37)34(29(39)40-22)24-18(2)32(3)35(28(24)38)20-11-5-4-6-12-20/h4-6,11-16,19,30H,7-10H2,1-3H3/b22-15+. The van der Waals surface area contributed by atoms with Gasteiger partial charge in [-0.3, -0.25) is 28.4 Å². The van der Waals surface area contributed by atoms with Gasteiger partial charge in [0.25, 0.3) is 17.0 Å². The summed E-state index contributed by atoms with van der Waals surface area (Å²) in [6.45, 7) is 3.69.